The number of carboxylic acid groups (broad SMARTS) is 1. The predicted octanol–water partition coefficient (Wildman–Crippen LogP) is 1.94. The molecule has 1 N–H and O–H groups in total. The van der Waals surface area contributed by atoms with E-state index in [9.17, 15) is 9.59 Å². The molecular formula is C14H22N2O3. The molecule has 0 aromatic carbocycles. The SMILES string of the molecule is C=CCN(C)C(=O)N1C2CCC1CC(CC(=O)O)C2. The fourth-order valence-corrected chi connectivity index (χ4v) is 3.48. The van der Waals surface area contributed by atoms with E-state index in [0.717, 1.165) is 25.7 Å². The van der Waals surface area contributed by atoms with Crippen molar-refractivity contribution in [1.29, 1.82) is 0 Å². The van der Waals surface area contributed by atoms with Crippen molar-refractivity contribution in [3.8, 4) is 0 Å². The van der Waals surface area contributed by atoms with Gasteiger partial charge in [0, 0.05) is 32.1 Å². The third-order valence-corrected chi connectivity index (χ3v) is 4.24. The number of aliphatic carboxylic acids is 1. The number of fused-ring (bicyclic) bond motifs is 2. The maximum absolute atomic E-state index is 12.4. The van der Waals surface area contributed by atoms with Crippen molar-refractivity contribution in [1.82, 2.24) is 9.80 Å². The maximum atomic E-state index is 12.4. The summed E-state index contributed by atoms with van der Waals surface area (Å²) < 4.78 is 0. The molecule has 2 bridgehead atoms. The molecule has 0 aromatic rings. The summed E-state index contributed by atoms with van der Waals surface area (Å²) in [5, 5.41) is 8.89. The number of urea groups is 1. The maximum Gasteiger partial charge on any atom is 0.320 e. The van der Waals surface area contributed by atoms with Crippen LogP contribution in [0.25, 0.3) is 0 Å². The van der Waals surface area contributed by atoms with Crippen LogP contribution in [0, 0.1) is 5.92 Å². The molecule has 0 aromatic heterocycles. The topological polar surface area (TPSA) is 60.9 Å². The lowest BCUT2D eigenvalue weighted by Crippen LogP contribution is -2.51. The van der Waals surface area contributed by atoms with Crippen LogP contribution >= 0.6 is 0 Å². The van der Waals surface area contributed by atoms with Gasteiger partial charge in [-0.2, -0.15) is 0 Å². The molecule has 2 amide bonds. The Hall–Kier alpha value is -1.52. The molecule has 2 fully saturated rings. The van der Waals surface area contributed by atoms with Gasteiger partial charge in [-0.3, -0.25) is 4.79 Å². The molecule has 0 radical (unpaired) electrons. The number of hydrogen-bond acceptors (Lipinski definition) is 2. The zero-order valence-electron chi connectivity index (χ0n) is 11.4. The number of carbonyl (C=O) groups excluding carboxylic acids is 1. The van der Waals surface area contributed by atoms with Gasteiger partial charge in [-0.15, -0.1) is 6.58 Å². The van der Waals surface area contributed by atoms with Crippen molar-refractivity contribution in [2.45, 2.75) is 44.2 Å². The average molecular weight is 266 g/mol. The Bertz CT molecular complexity index is 369. The summed E-state index contributed by atoms with van der Waals surface area (Å²) in [5.41, 5.74) is 0. The van der Waals surface area contributed by atoms with Gasteiger partial charge in [0.05, 0.1) is 0 Å². The fraction of sp³-hybridized carbons (Fsp3) is 0.714. The van der Waals surface area contributed by atoms with Crippen LogP contribution < -0.4 is 0 Å². The average Bonchev–Trinajstić information content (AvgIpc) is 2.59. The molecule has 106 valence electrons. The molecule has 2 aliphatic rings. The highest BCUT2D eigenvalue weighted by Crippen LogP contribution is 2.40. The molecule has 0 aliphatic carbocycles. The third kappa shape index (κ3) is 2.91. The van der Waals surface area contributed by atoms with Crippen LogP contribution in [0.5, 0.6) is 0 Å². The van der Waals surface area contributed by atoms with Gasteiger partial charge in [0.25, 0.3) is 0 Å². The summed E-state index contributed by atoms with van der Waals surface area (Å²) in [6, 6.07) is 0.506. The van der Waals surface area contributed by atoms with Gasteiger partial charge in [0.2, 0.25) is 0 Å². The minimum Gasteiger partial charge on any atom is -0.481 e. The lowest BCUT2D eigenvalue weighted by Gasteiger charge is -2.40. The monoisotopic (exact) mass is 266 g/mol. The van der Waals surface area contributed by atoms with E-state index in [2.05, 4.69) is 6.58 Å². The van der Waals surface area contributed by atoms with Crippen molar-refractivity contribution in [3.05, 3.63) is 12.7 Å². The Balaban J connectivity index is 2.00. The van der Waals surface area contributed by atoms with Gasteiger partial charge in [-0.05, 0) is 31.6 Å². The second-order valence-corrected chi connectivity index (χ2v) is 5.68. The number of likely N-dealkylation sites (N-methyl/N-ethyl adjacent to an activating group) is 1. The minimum atomic E-state index is -0.729. The standard InChI is InChI=1S/C14H22N2O3/c1-3-6-15(2)14(19)16-11-4-5-12(16)8-10(7-11)9-13(17)18/h3,10-12H,1,4-9H2,2H3,(H,17,18). The molecule has 2 atom stereocenters. The van der Waals surface area contributed by atoms with Gasteiger partial charge in [-0.25, -0.2) is 4.79 Å². The second-order valence-electron chi connectivity index (χ2n) is 5.68. The van der Waals surface area contributed by atoms with E-state index in [1.165, 1.54) is 0 Å². The number of hydrogen-bond donors (Lipinski definition) is 1. The molecule has 2 unspecified atom stereocenters. The zero-order chi connectivity index (χ0) is 14.0. The molecule has 19 heavy (non-hydrogen) atoms. The summed E-state index contributed by atoms with van der Waals surface area (Å²) in [6.45, 7) is 4.20. The highest BCUT2D eigenvalue weighted by atomic mass is 16.4. The highest BCUT2D eigenvalue weighted by molar-refractivity contribution is 5.75. The summed E-state index contributed by atoms with van der Waals surface area (Å²) in [6.07, 6.45) is 5.63. The van der Waals surface area contributed by atoms with Crippen molar-refractivity contribution < 1.29 is 14.7 Å². The first-order valence-electron chi connectivity index (χ1n) is 6.89. The lowest BCUT2D eigenvalue weighted by molar-refractivity contribution is -0.138. The first-order chi connectivity index (χ1) is 9.02. The number of nitrogens with zero attached hydrogens (tertiary/aromatic N) is 2. The summed E-state index contributed by atoms with van der Waals surface area (Å²) in [4.78, 5) is 26.8. The van der Waals surface area contributed by atoms with Gasteiger partial charge < -0.3 is 14.9 Å². The largest absolute Gasteiger partial charge is 0.481 e. The van der Waals surface area contributed by atoms with Crippen LogP contribution in [0.15, 0.2) is 12.7 Å². The van der Waals surface area contributed by atoms with Crippen molar-refractivity contribution in [3.63, 3.8) is 0 Å². The molecule has 5 nitrogen and oxygen atoms in total. The Kier molecular flexibility index (Phi) is 4.12. The molecule has 2 saturated heterocycles. The van der Waals surface area contributed by atoms with Gasteiger partial charge in [-0.1, -0.05) is 6.08 Å². The van der Waals surface area contributed by atoms with E-state index >= 15 is 0 Å². The first kappa shape index (κ1) is 13.9. The smallest absolute Gasteiger partial charge is 0.320 e. The van der Waals surface area contributed by atoms with Gasteiger partial charge in [0.1, 0.15) is 0 Å². The predicted molar refractivity (Wildman–Crippen MR) is 71.8 cm³/mol. The van der Waals surface area contributed by atoms with E-state index in [0.29, 0.717) is 6.54 Å². The van der Waals surface area contributed by atoms with Crippen LogP contribution in [-0.4, -0.2) is 52.6 Å². The number of amides is 2. The van der Waals surface area contributed by atoms with Crippen LogP contribution in [0.4, 0.5) is 4.79 Å². The summed E-state index contributed by atoms with van der Waals surface area (Å²) in [5.74, 6) is -0.503. The third-order valence-electron chi connectivity index (χ3n) is 4.24. The minimum absolute atomic E-state index is 0.0566. The Labute approximate surface area is 113 Å². The molecule has 2 rings (SSSR count). The Morgan fingerprint density at radius 2 is 1.95 bits per heavy atom. The van der Waals surface area contributed by atoms with Crippen LogP contribution in [0.1, 0.15) is 32.1 Å². The van der Waals surface area contributed by atoms with Crippen molar-refractivity contribution in [2.75, 3.05) is 13.6 Å². The zero-order valence-corrected chi connectivity index (χ0v) is 11.4. The van der Waals surface area contributed by atoms with Crippen molar-refractivity contribution >= 4 is 12.0 Å². The quantitative estimate of drug-likeness (QED) is 0.791. The normalized spacial score (nSPS) is 29.1. The van der Waals surface area contributed by atoms with Gasteiger partial charge in [0.15, 0.2) is 0 Å². The molecule has 2 aliphatic heterocycles. The number of carbonyl (C=O) groups is 2. The van der Waals surface area contributed by atoms with Crippen molar-refractivity contribution in [2.24, 2.45) is 5.92 Å². The Morgan fingerprint density at radius 1 is 1.37 bits per heavy atom. The molecule has 2 heterocycles. The Morgan fingerprint density at radius 3 is 2.42 bits per heavy atom. The van der Waals surface area contributed by atoms with Crippen LogP contribution in [0.3, 0.4) is 0 Å². The summed E-state index contributed by atoms with van der Waals surface area (Å²) in [7, 11) is 1.78. The molecular weight excluding hydrogens is 244 g/mol. The van der Waals surface area contributed by atoms with E-state index in [1.807, 2.05) is 4.90 Å². The van der Waals surface area contributed by atoms with E-state index < -0.39 is 5.97 Å². The molecule has 0 spiro atoms. The van der Waals surface area contributed by atoms with E-state index in [1.54, 1.807) is 18.0 Å². The second kappa shape index (κ2) is 5.63. The van der Waals surface area contributed by atoms with E-state index in [4.69, 9.17) is 5.11 Å². The number of rotatable bonds is 4. The number of carboxylic acids is 1. The molecule has 0 saturated carbocycles. The summed E-state index contributed by atoms with van der Waals surface area (Å²) >= 11 is 0. The fourth-order valence-electron chi connectivity index (χ4n) is 3.48. The lowest BCUT2D eigenvalue weighted by atomic mass is 9.88. The highest BCUT2D eigenvalue weighted by Gasteiger charge is 2.44. The van der Waals surface area contributed by atoms with Crippen LogP contribution in [-0.2, 0) is 4.79 Å². The van der Waals surface area contributed by atoms with Gasteiger partial charge >= 0.3 is 12.0 Å². The van der Waals surface area contributed by atoms with E-state index in [-0.39, 0.29) is 30.5 Å². The first-order valence-corrected chi connectivity index (χ1v) is 6.89. The molecule has 5 heteroatoms. The number of piperidine rings is 1. The van der Waals surface area contributed by atoms with Crippen LogP contribution in [0.2, 0.25) is 0 Å².